The smallest absolute Gasteiger partial charge is 0.321 e. The predicted octanol–water partition coefficient (Wildman–Crippen LogP) is 1.01. The SMILES string of the molecule is CCCC[C@H](NS(=O)(=O)c1ccc(S(C)(=O)=O)cc1)C(=O)O. The van der Waals surface area contributed by atoms with E-state index in [1.165, 1.54) is 12.1 Å². The van der Waals surface area contributed by atoms with Gasteiger partial charge in [0.15, 0.2) is 9.84 Å². The van der Waals surface area contributed by atoms with Gasteiger partial charge in [0, 0.05) is 6.26 Å². The van der Waals surface area contributed by atoms with Gasteiger partial charge in [0.25, 0.3) is 0 Å². The zero-order valence-electron chi connectivity index (χ0n) is 12.3. The van der Waals surface area contributed by atoms with Crippen molar-refractivity contribution in [2.45, 2.75) is 42.0 Å². The number of hydrogen-bond acceptors (Lipinski definition) is 5. The lowest BCUT2D eigenvalue weighted by atomic mass is 10.1. The second-order valence-corrected chi connectivity index (χ2v) is 8.63. The van der Waals surface area contributed by atoms with E-state index in [0.717, 1.165) is 24.8 Å². The Balaban J connectivity index is 3.00. The molecule has 0 aliphatic heterocycles. The van der Waals surface area contributed by atoms with Gasteiger partial charge in [-0.1, -0.05) is 19.8 Å². The van der Waals surface area contributed by atoms with Crippen molar-refractivity contribution in [2.75, 3.05) is 6.26 Å². The van der Waals surface area contributed by atoms with Gasteiger partial charge in [-0.05, 0) is 30.7 Å². The minimum Gasteiger partial charge on any atom is -0.480 e. The molecule has 7 nitrogen and oxygen atoms in total. The van der Waals surface area contributed by atoms with Crippen LogP contribution in [0.3, 0.4) is 0 Å². The van der Waals surface area contributed by atoms with Crippen molar-refractivity contribution in [2.24, 2.45) is 0 Å². The number of carboxylic acids is 1. The first-order valence-corrected chi connectivity index (χ1v) is 10.0. The molecule has 1 aromatic carbocycles. The molecule has 1 rings (SSSR count). The lowest BCUT2D eigenvalue weighted by Crippen LogP contribution is -2.40. The number of hydrogen-bond donors (Lipinski definition) is 2. The Kier molecular flexibility index (Phi) is 6.09. The van der Waals surface area contributed by atoms with E-state index >= 15 is 0 Å². The van der Waals surface area contributed by atoms with Crippen LogP contribution in [-0.2, 0) is 24.7 Å². The predicted molar refractivity (Wildman–Crippen MR) is 80.8 cm³/mol. The van der Waals surface area contributed by atoms with Crippen LogP contribution in [0.2, 0.25) is 0 Å². The summed E-state index contributed by atoms with van der Waals surface area (Å²) in [7, 11) is -7.45. The molecule has 9 heteroatoms. The van der Waals surface area contributed by atoms with Gasteiger partial charge in [0.1, 0.15) is 6.04 Å². The van der Waals surface area contributed by atoms with Gasteiger partial charge in [-0.15, -0.1) is 0 Å². The van der Waals surface area contributed by atoms with Gasteiger partial charge in [-0.2, -0.15) is 4.72 Å². The van der Waals surface area contributed by atoms with Crippen LogP contribution in [-0.4, -0.2) is 40.2 Å². The molecule has 0 spiro atoms. The molecular weight excluding hydrogens is 330 g/mol. The third kappa shape index (κ3) is 5.08. The van der Waals surface area contributed by atoms with Crippen LogP contribution in [0.4, 0.5) is 0 Å². The molecule has 0 unspecified atom stereocenters. The fraction of sp³-hybridized carbons (Fsp3) is 0.462. The molecule has 2 N–H and O–H groups in total. The van der Waals surface area contributed by atoms with Crippen LogP contribution in [0.1, 0.15) is 26.2 Å². The molecule has 0 fully saturated rings. The average Bonchev–Trinajstić information content (AvgIpc) is 2.42. The quantitative estimate of drug-likeness (QED) is 0.723. The number of aliphatic carboxylic acids is 1. The molecule has 0 bridgehead atoms. The Morgan fingerprint density at radius 1 is 1.14 bits per heavy atom. The van der Waals surface area contributed by atoms with Crippen molar-refractivity contribution in [1.82, 2.24) is 4.72 Å². The Morgan fingerprint density at radius 3 is 2.05 bits per heavy atom. The summed E-state index contributed by atoms with van der Waals surface area (Å²) in [5.74, 6) is -1.25. The van der Waals surface area contributed by atoms with Crippen LogP contribution >= 0.6 is 0 Å². The van der Waals surface area contributed by atoms with Crippen LogP contribution in [0.5, 0.6) is 0 Å². The number of sulfonamides is 1. The summed E-state index contributed by atoms with van der Waals surface area (Å²) in [6, 6.07) is 3.41. The maximum atomic E-state index is 12.1. The van der Waals surface area contributed by atoms with Crippen LogP contribution < -0.4 is 4.72 Å². The van der Waals surface area contributed by atoms with Gasteiger partial charge in [0.2, 0.25) is 10.0 Å². The lowest BCUT2D eigenvalue weighted by molar-refractivity contribution is -0.139. The van der Waals surface area contributed by atoms with Crippen LogP contribution in [0.15, 0.2) is 34.1 Å². The van der Waals surface area contributed by atoms with Crippen molar-refractivity contribution in [3.8, 4) is 0 Å². The van der Waals surface area contributed by atoms with Gasteiger partial charge in [0.05, 0.1) is 9.79 Å². The van der Waals surface area contributed by atoms with E-state index in [1.807, 2.05) is 6.92 Å². The average molecular weight is 349 g/mol. The van der Waals surface area contributed by atoms with Crippen LogP contribution in [0, 0.1) is 0 Å². The third-order valence-electron chi connectivity index (χ3n) is 3.00. The summed E-state index contributed by atoms with van der Waals surface area (Å²) in [5, 5.41) is 9.05. The highest BCUT2D eigenvalue weighted by Gasteiger charge is 2.25. The van der Waals surface area contributed by atoms with Gasteiger partial charge in [-0.3, -0.25) is 4.79 Å². The lowest BCUT2D eigenvalue weighted by Gasteiger charge is -2.14. The number of benzene rings is 1. The summed E-state index contributed by atoms with van der Waals surface area (Å²) in [6.45, 7) is 1.87. The molecule has 124 valence electrons. The molecule has 0 aliphatic rings. The normalized spacial score (nSPS) is 13.7. The number of unbranched alkanes of at least 4 members (excludes halogenated alkanes) is 1. The maximum absolute atomic E-state index is 12.1. The van der Waals surface area contributed by atoms with Crippen molar-refractivity contribution >= 4 is 25.8 Å². The Hall–Kier alpha value is -1.45. The minimum atomic E-state index is -4.02. The number of sulfone groups is 1. The summed E-state index contributed by atoms with van der Waals surface area (Å²) < 4.78 is 49.1. The first-order valence-electron chi connectivity index (χ1n) is 6.63. The minimum absolute atomic E-state index is 0.00721. The topological polar surface area (TPSA) is 118 Å². The summed E-state index contributed by atoms with van der Waals surface area (Å²) in [5.41, 5.74) is 0. The standard InChI is InChI=1S/C13H19NO6S2/c1-3-4-5-12(13(15)16)14-22(19,20)11-8-6-10(7-9-11)21(2,17)18/h6-9,12,14H,3-5H2,1-2H3,(H,15,16)/t12-/m0/s1. The largest absolute Gasteiger partial charge is 0.480 e. The molecule has 0 aromatic heterocycles. The molecule has 1 aromatic rings. The number of carbonyl (C=O) groups is 1. The van der Waals surface area contributed by atoms with Gasteiger partial charge < -0.3 is 5.11 Å². The molecule has 0 saturated heterocycles. The molecular formula is C13H19NO6S2. The summed E-state index contributed by atoms with van der Waals surface area (Å²) in [6.07, 6.45) is 2.52. The van der Waals surface area contributed by atoms with Crippen LogP contribution in [0.25, 0.3) is 0 Å². The summed E-state index contributed by atoms with van der Waals surface area (Å²) in [4.78, 5) is 10.9. The molecule has 0 saturated carbocycles. The summed E-state index contributed by atoms with van der Waals surface area (Å²) >= 11 is 0. The second kappa shape index (κ2) is 7.21. The highest BCUT2D eigenvalue weighted by atomic mass is 32.2. The monoisotopic (exact) mass is 349 g/mol. The Bertz CT molecular complexity index is 722. The highest BCUT2D eigenvalue weighted by Crippen LogP contribution is 2.15. The van der Waals surface area contributed by atoms with Crippen molar-refractivity contribution in [1.29, 1.82) is 0 Å². The zero-order valence-corrected chi connectivity index (χ0v) is 13.9. The number of nitrogens with one attached hydrogen (secondary N) is 1. The van der Waals surface area contributed by atoms with Crippen molar-refractivity contribution in [3.63, 3.8) is 0 Å². The molecule has 0 amide bonds. The molecule has 1 atom stereocenters. The van der Waals surface area contributed by atoms with E-state index in [2.05, 4.69) is 4.72 Å². The van der Waals surface area contributed by atoms with E-state index < -0.39 is 31.9 Å². The van der Waals surface area contributed by atoms with E-state index in [4.69, 9.17) is 5.11 Å². The highest BCUT2D eigenvalue weighted by molar-refractivity contribution is 7.90. The number of carboxylic acid groups (broad SMARTS) is 1. The van der Waals surface area contributed by atoms with Gasteiger partial charge in [-0.25, -0.2) is 16.8 Å². The van der Waals surface area contributed by atoms with Crippen molar-refractivity contribution in [3.05, 3.63) is 24.3 Å². The Labute approximate surface area is 130 Å². The van der Waals surface area contributed by atoms with E-state index in [0.29, 0.717) is 6.42 Å². The molecule has 0 aliphatic carbocycles. The van der Waals surface area contributed by atoms with Gasteiger partial charge >= 0.3 is 5.97 Å². The molecule has 0 radical (unpaired) electrons. The van der Waals surface area contributed by atoms with E-state index in [9.17, 15) is 21.6 Å². The second-order valence-electron chi connectivity index (χ2n) is 4.90. The number of rotatable bonds is 8. The van der Waals surface area contributed by atoms with E-state index in [-0.39, 0.29) is 16.2 Å². The first kappa shape index (κ1) is 18.6. The van der Waals surface area contributed by atoms with Crippen molar-refractivity contribution < 1.29 is 26.7 Å². The molecule has 22 heavy (non-hydrogen) atoms. The maximum Gasteiger partial charge on any atom is 0.321 e. The fourth-order valence-corrected chi connectivity index (χ4v) is 3.62. The first-order chi connectivity index (χ1) is 10.1. The third-order valence-corrected chi connectivity index (χ3v) is 5.62. The molecule has 0 heterocycles. The Morgan fingerprint density at radius 2 is 1.64 bits per heavy atom. The zero-order chi connectivity index (χ0) is 17.0. The van der Waals surface area contributed by atoms with E-state index in [1.54, 1.807) is 0 Å². The fourth-order valence-electron chi connectivity index (χ4n) is 1.76.